The van der Waals surface area contributed by atoms with Crippen LogP contribution in [0.3, 0.4) is 0 Å². The van der Waals surface area contributed by atoms with Gasteiger partial charge in [-0.05, 0) is 31.5 Å². The highest BCUT2D eigenvalue weighted by Gasteiger charge is 2.31. The quantitative estimate of drug-likeness (QED) is 0.910. The number of nitriles is 1. The van der Waals surface area contributed by atoms with E-state index < -0.39 is 0 Å². The normalized spacial score (nSPS) is 18.7. The average molecular weight is 354 g/mol. The van der Waals surface area contributed by atoms with Crippen molar-refractivity contribution >= 4 is 5.91 Å². The highest BCUT2D eigenvalue weighted by atomic mass is 16.5. The van der Waals surface area contributed by atoms with Crippen LogP contribution in [-0.4, -0.2) is 28.9 Å². The zero-order valence-corrected chi connectivity index (χ0v) is 15.4. The van der Waals surface area contributed by atoms with Crippen molar-refractivity contribution in [3.63, 3.8) is 0 Å². The molecule has 1 aliphatic rings. The van der Waals surface area contributed by atoms with Gasteiger partial charge in [0.2, 0.25) is 0 Å². The van der Waals surface area contributed by atoms with Gasteiger partial charge in [0.1, 0.15) is 17.5 Å². The van der Waals surface area contributed by atoms with Gasteiger partial charge >= 0.3 is 0 Å². The van der Waals surface area contributed by atoms with Crippen molar-refractivity contribution in [2.75, 3.05) is 7.11 Å². The highest BCUT2D eigenvalue weighted by Crippen LogP contribution is 2.31. The molecule has 7 nitrogen and oxygen atoms in total. The summed E-state index contributed by atoms with van der Waals surface area (Å²) in [7, 11) is 3.29. The number of carbonyl (C=O) groups is 1. The Morgan fingerprint density at radius 3 is 2.96 bits per heavy atom. The smallest absolute Gasteiger partial charge is 0.270 e. The van der Waals surface area contributed by atoms with Crippen molar-refractivity contribution in [3.8, 4) is 11.8 Å². The number of benzene rings is 1. The van der Waals surface area contributed by atoms with E-state index in [-0.39, 0.29) is 18.1 Å². The second kappa shape index (κ2) is 7.18. The van der Waals surface area contributed by atoms with E-state index in [4.69, 9.17) is 14.7 Å². The molecule has 1 aliphatic heterocycles. The van der Waals surface area contributed by atoms with E-state index in [2.05, 4.69) is 16.5 Å². The molecule has 2 heterocycles. The largest absolute Gasteiger partial charge is 0.495 e. The zero-order chi connectivity index (χ0) is 18.8. The number of rotatable bonds is 4. The van der Waals surface area contributed by atoms with Crippen molar-refractivity contribution in [2.24, 2.45) is 7.05 Å². The summed E-state index contributed by atoms with van der Waals surface area (Å²) in [5, 5.41) is 16.4. The molecule has 0 bridgehead atoms. The van der Waals surface area contributed by atoms with Gasteiger partial charge in [0.15, 0.2) is 0 Å². The molecule has 0 fully saturated rings. The van der Waals surface area contributed by atoms with Gasteiger partial charge in [-0.1, -0.05) is 6.07 Å². The van der Waals surface area contributed by atoms with Gasteiger partial charge in [-0.25, -0.2) is 0 Å². The van der Waals surface area contributed by atoms with Crippen LogP contribution in [0.5, 0.6) is 5.75 Å². The number of aryl methyl sites for hydroxylation is 1. The SMILES string of the molecule is COc1cc(CNC(=O)c2c3c(nn2C)[C@H](C)O[C@H](C)C3)ccc1C#N. The molecule has 1 aromatic heterocycles. The number of nitrogens with zero attached hydrogens (tertiary/aromatic N) is 3. The lowest BCUT2D eigenvalue weighted by atomic mass is 9.99. The zero-order valence-electron chi connectivity index (χ0n) is 15.4. The Bertz CT molecular complexity index is 882. The van der Waals surface area contributed by atoms with E-state index in [1.807, 2.05) is 13.8 Å². The summed E-state index contributed by atoms with van der Waals surface area (Å²) in [4.78, 5) is 12.8. The van der Waals surface area contributed by atoms with Crippen molar-refractivity contribution in [2.45, 2.75) is 39.0 Å². The van der Waals surface area contributed by atoms with E-state index in [0.29, 0.717) is 30.0 Å². The van der Waals surface area contributed by atoms with E-state index in [1.165, 1.54) is 7.11 Å². The van der Waals surface area contributed by atoms with Gasteiger partial charge < -0.3 is 14.8 Å². The van der Waals surface area contributed by atoms with Gasteiger partial charge in [0.25, 0.3) is 5.91 Å². The fourth-order valence-electron chi connectivity index (χ4n) is 3.35. The third-order valence-corrected chi connectivity index (χ3v) is 4.54. The Morgan fingerprint density at radius 1 is 1.50 bits per heavy atom. The lowest BCUT2D eigenvalue weighted by Gasteiger charge is -2.24. The number of hydrogen-bond acceptors (Lipinski definition) is 5. The number of fused-ring (bicyclic) bond motifs is 1. The minimum Gasteiger partial charge on any atom is -0.495 e. The highest BCUT2D eigenvalue weighted by molar-refractivity contribution is 5.94. The molecular formula is C19H22N4O3. The first-order valence-electron chi connectivity index (χ1n) is 8.51. The summed E-state index contributed by atoms with van der Waals surface area (Å²) in [5.41, 5.74) is 3.67. The van der Waals surface area contributed by atoms with Crippen molar-refractivity contribution < 1.29 is 14.3 Å². The molecular weight excluding hydrogens is 332 g/mol. The molecule has 2 atom stereocenters. The molecule has 0 spiro atoms. The molecule has 1 amide bonds. The van der Waals surface area contributed by atoms with Gasteiger partial charge in [0, 0.05) is 25.6 Å². The van der Waals surface area contributed by atoms with Crippen LogP contribution in [0.25, 0.3) is 0 Å². The Balaban J connectivity index is 1.79. The molecule has 0 saturated carbocycles. The van der Waals surface area contributed by atoms with Crippen LogP contribution in [0.15, 0.2) is 18.2 Å². The first-order chi connectivity index (χ1) is 12.4. The predicted molar refractivity (Wildman–Crippen MR) is 94.8 cm³/mol. The van der Waals surface area contributed by atoms with Crippen LogP contribution in [0.1, 0.15) is 52.8 Å². The number of nitrogens with one attached hydrogen (secondary N) is 1. The Hall–Kier alpha value is -2.85. The van der Waals surface area contributed by atoms with Crippen LogP contribution in [0.4, 0.5) is 0 Å². The standard InChI is InChI=1S/C19H22N4O3/c1-11-7-15-17(12(2)26-11)22-23(3)18(15)19(24)21-10-13-5-6-14(9-20)16(8-13)25-4/h5-6,8,11-12H,7,10H2,1-4H3,(H,21,24)/t11-,12+/m1/s1. The lowest BCUT2D eigenvalue weighted by molar-refractivity contribution is -0.00710. The molecule has 0 aliphatic carbocycles. The van der Waals surface area contributed by atoms with Crippen LogP contribution >= 0.6 is 0 Å². The van der Waals surface area contributed by atoms with Crippen molar-refractivity contribution in [3.05, 3.63) is 46.3 Å². The number of aromatic nitrogens is 2. The summed E-state index contributed by atoms with van der Waals surface area (Å²) < 4.78 is 12.6. The molecule has 1 aromatic carbocycles. The number of carbonyl (C=O) groups excluding carboxylic acids is 1. The molecule has 3 rings (SSSR count). The summed E-state index contributed by atoms with van der Waals surface area (Å²) in [5.74, 6) is 0.322. The molecule has 0 unspecified atom stereocenters. The molecule has 7 heteroatoms. The van der Waals surface area contributed by atoms with Crippen LogP contribution in [0.2, 0.25) is 0 Å². The predicted octanol–water partition coefficient (Wildman–Crippen LogP) is 2.25. The van der Waals surface area contributed by atoms with E-state index in [1.54, 1.807) is 29.9 Å². The Labute approximate surface area is 152 Å². The number of methoxy groups -OCH3 is 1. The first kappa shape index (κ1) is 18.0. The molecule has 26 heavy (non-hydrogen) atoms. The van der Waals surface area contributed by atoms with Gasteiger partial charge in [-0.2, -0.15) is 10.4 Å². The summed E-state index contributed by atoms with van der Waals surface area (Å²) in [6, 6.07) is 7.33. The maximum Gasteiger partial charge on any atom is 0.270 e. The van der Waals surface area contributed by atoms with Gasteiger partial charge in [-0.3, -0.25) is 9.48 Å². The minimum atomic E-state index is -0.175. The molecule has 1 N–H and O–H groups in total. The summed E-state index contributed by atoms with van der Waals surface area (Å²) in [6.45, 7) is 4.28. The second-order valence-electron chi connectivity index (χ2n) is 6.46. The molecule has 0 saturated heterocycles. The third kappa shape index (κ3) is 3.28. The Kier molecular flexibility index (Phi) is 4.96. The van der Waals surface area contributed by atoms with E-state index >= 15 is 0 Å². The summed E-state index contributed by atoms with van der Waals surface area (Å²) in [6.07, 6.45) is 0.598. The molecule has 0 radical (unpaired) electrons. The van der Waals surface area contributed by atoms with Crippen LogP contribution in [-0.2, 0) is 24.8 Å². The third-order valence-electron chi connectivity index (χ3n) is 4.54. The maximum absolute atomic E-state index is 12.8. The molecule has 136 valence electrons. The van der Waals surface area contributed by atoms with Gasteiger partial charge in [-0.15, -0.1) is 0 Å². The fourth-order valence-corrected chi connectivity index (χ4v) is 3.35. The van der Waals surface area contributed by atoms with Crippen molar-refractivity contribution in [1.29, 1.82) is 5.26 Å². The summed E-state index contributed by atoms with van der Waals surface area (Å²) >= 11 is 0. The first-order valence-corrected chi connectivity index (χ1v) is 8.51. The number of amides is 1. The maximum atomic E-state index is 12.8. The fraction of sp³-hybridized carbons (Fsp3) is 0.421. The molecule has 2 aromatic rings. The topological polar surface area (TPSA) is 89.2 Å². The minimum absolute atomic E-state index is 0.0519. The Morgan fingerprint density at radius 2 is 2.27 bits per heavy atom. The van der Waals surface area contributed by atoms with Crippen LogP contribution in [0, 0.1) is 11.3 Å². The lowest BCUT2D eigenvalue weighted by Crippen LogP contribution is -2.28. The second-order valence-corrected chi connectivity index (χ2v) is 6.46. The van der Waals surface area contributed by atoms with Crippen molar-refractivity contribution in [1.82, 2.24) is 15.1 Å². The van der Waals surface area contributed by atoms with E-state index in [9.17, 15) is 4.79 Å². The monoisotopic (exact) mass is 354 g/mol. The van der Waals surface area contributed by atoms with Gasteiger partial charge in [0.05, 0.1) is 30.6 Å². The van der Waals surface area contributed by atoms with Crippen LogP contribution < -0.4 is 10.1 Å². The number of ether oxygens (including phenoxy) is 2. The number of hydrogen-bond donors (Lipinski definition) is 1. The van der Waals surface area contributed by atoms with E-state index in [0.717, 1.165) is 16.8 Å². The average Bonchev–Trinajstić information content (AvgIpc) is 2.95.